The third-order valence-electron chi connectivity index (χ3n) is 5.64. The van der Waals surface area contributed by atoms with Crippen LogP contribution in [-0.4, -0.2) is 44.4 Å². The highest BCUT2D eigenvalue weighted by Gasteiger charge is 2.14. The van der Waals surface area contributed by atoms with E-state index in [1.165, 1.54) is 43.6 Å². The molecule has 1 fully saturated rings. The molecule has 0 unspecified atom stereocenters. The Bertz CT molecular complexity index is 1050. The molecular weight excluding hydrogens is 404 g/mol. The molecule has 31 heavy (non-hydrogen) atoms. The molecule has 1 aliphatic rings. The number of rotatable bonds is 8. The monoisotopic (exact) mass is 434 g/mol. The molecule has 2 aromatic heterocycles. The van der Waals surface area contributed by atoms with Gasteiger partial charge in [0.25, 0.3) is 0 Å². The van der Waals surface area contributed by atoms with Crippen molar-refractivity contribution in [3.05, 3.63) is 71.8 Å². The van der Waals surface area contributed by atoms with Gasteiger partial charge in [0.1, 0.15) is 0 Å². The molecule has 1 aromatic carbocycles. The van der Waals surface area contributed by atoms with E-state index in [0.29, 0.717) is 18.0 Å². The maximum Gasteiger partial charge on any atom is 0.199 e. The molecule has 0 spiro atoms. The Balaban J connectivity index is 1.46. The number of pyridine rings is 1. The number of allylic oxidation sites excluding steroid dienone is 1. The van der Waals surface area contributed by atoms with Gasteiger partial charge in [0.2, 0.25) is 0 Å². The Kier molecular flexibility index (Phi) is 6.94. The molecule has 3 heterocycles. The maximum atomic E-state index is 5.71. The highest BCUT2D eigenvalue weighted by molar-refractivity contribution is 7.71. The topological polar surface area (TPSA) is 42.1 Å². The summed E-state index contributed by atoms with van der Waals surface area (Å²) in [5.41, 5.74) is 3.57. The first kappa shape index (κ1) is 21.5. The minimum Gasteiger partial charge on any atom is -0.372 e. The van der Waals surface area contributed by atoms with Crippen molar-refractivity contribution in [2.24, 2.45) is 0 Å². The normalized spacial score (nSPS) is 14.2. The second-order valence-electron chi connectivity index (χ2n) is 8.12. The van der Waals surface area contributed by atoms with Gasteiger partial charge >= 0.3 is 0 Å². The van der Waals surface area contributed by atoms with Crippen LogP contribution in [0.1, 0.15) is 24.8 Å². The van der Waals surface area contributed by atoms with E-state index in [1.54, 1.807) is 6.20 Å². The lowest BCUT2D eigenvalue weighted by atomic mass is 10.1. The van der Waals surface area contributed by atoms with E-state index < -0.39 is 0 Å². The van der Waals surface area contributed by atoms with Crippen molar-refractivity contribution in [2.45, 2.75) is 39.0 Å². The molecule has 1 saturated heterocycles. The summed E-state index contributed by atoms with van der Waals surface area (Å²) in [6.45, 7) is 8.27. The van der Waals surface area contributed by atoms with Crippen LogP contribution in [0.15, 0.2) is 61.4 Å². The highest BCUT2D eigenvalue weighted by atomic mass is 32.1. The average Bonchev–Trinajstić information content (AvgIpc) is 3.11. The van der Waals surface area contributed by atoms with Gasteiger partial charge in [-0.05, 0) is 68.4 Å². The van der Waals surface area contributed by atoms with E-state index in [9.17, 15) is 0 Å². The Hall–Kier alpha value is -2.77. The first-order valence-electron chi connectivity index (χ1n) is 10.9. The summed E-state index contributed by atoms with van der Waals surface area (Å²) in [6.07, 6.45) is 9.36. The third-order valence-corrected chi connectivity index (χ3v) is 6.07. The van der Waals surface area contributed by atoms with Crippen molar-refractivity contribution in [3.8, 4) is 11.4 Å². The molecule has 0 N–H and O–H groups in total. The minimum atomic E-state index is 0.615. The van der Waals surface area contributed by atoms with E-state index in [2.05, 4.69) is 52.7 Å². The zero-order chi connectivity index (χ0) is 21.6. The van der Waals surface area contributed by atoms with Gasteiger partial charge < -0.3 is 4.90 Å². The zero-order valence-corrected chi connectivity index (χ0v) is 19.0. The summed E-state index contributed by atoms with van der Waals surface area (Å²) >= 11 is 5.71. The van der Waals surface area contributed by atoms with Crippen molar-refractivity contribution in [1.82, 2.24) is 24.2 Å². The SMILES string of the molecule is C=CCn1c(-c2cccnc2)nn(CN(C)Cc2ccc(N3CCCCC3)cc2)c1=S. The number of hydrogen-bond acceptors (Lipinski definition) is 5. The molecule has 0 atom stereocenters. The molecule has 1 aliphatic heterocycles. The van der Waals surface area contributed by atoms with Crippen LogP contribution in [0.5, 0.6) is 0 Å². The van der Waals surface area contributed by atoms with Gasteiger partial charge in [0, 0.05) is 49.8 Å². The summed E-state index contributed by atoms with van der Waals surface area (Å²) < 4.78 is 4.56. The summed E-state index contributed by atoms with van der Waals surface area (Å²) in [4.78, 5) is 8.94. The smallest absolute Gasteiger partial charge is 0.199 e. The number of anilines is 1. The van der Waals surface area contributed by atoms with Gasteiger partial charge in [-0.3, -0.25) is 14.5 Å². The molecule has 7 heteroatoms. The van der Waals surface area contributed by atoms with Gasteiger partial charge in [-0.2, -0.15) is 5.10 Å². The fraction of sp³-hybridized carbons (Fsp3) is 0.375. The first-order valence-corrected chi connectivity index (χ1v) is 11.3. The lowest BCUT2D eigenvalue weighted by Crippen LogP contribution is -2.29. The second kappa shape index (κ2) is 10.0. The molecule has 4 rings (SSSR count). The number of piperidine rings is 1. The lowest BCUT2D eigenvalue weighted by molar-refractivity contribution is 0.244. The van der Waals surface area contributed by atoms with Gasteiger partial charge in [-0.25, -0.2) is 4.68 Å². The fourth-order valence-electron chi connectivity index (χ4n) is 4.09. The third kappa shape index (κ3) is 5.11. The molecule has 0 bridgehead atoms. The predicted octanol–water partition coefficient (Wildman–Crippen LogP) is 4.74. The largest absolute Gasteiger partial charge is 0.372 e. The van der Waals surface area contributed by atoms with Crippen LogP contribution in [0.3, 0.4) is 0 Å². The number of aromatic nitrogens is 4. The van der Waals surface area contributed by atoms with Crippen molar-refractivity contribution < 1.29 is 0 Å². The van der Waals surface area contributed by atoms with Crippen LogP contribution < -0.4 is 4.90 Å². The molecule has 0 saturated carbocycles. The second-order valence-corrected chi connectivity index (χ2v) is 8.48. The fourth-order valence-corrected chi connectivity index (χ4v) is 4.35. The van der Waals surface area contributed by atoms with Gasteiger partial charge in [-0.15, -0.1) is 6.58 Å². The Morgan fingerprint density at radius 2 is 1.90 bits per heavy atom. The lowest BCUT2D eigenvalue weighted by Gasteiger charge is -2.29. The maximum absolute atomic E-state index is 5.71. The van der Waals surface area contributed by atoms with Crippen molar-refractivity contribution >= 4 is 17.9 Å². The van der Waals surface area contributed by atoms with E-state index in [4.69, 9.17) is 17.3 Å². The Morgan fingerprint density at radius 3 is 2.58 bits per heavy atom. The quantitative estimate of drug-likeness (QED) is 0.378. The van der Waals surface area contributed by atoms with Gasteiger partial charge in [0.15, 0.2) is 10.6 Å². The van der Waals surface area contributed by atoms with Gasteiger partial charge in [-0.1, -0.05) is 18.2 Å². The predicted molar refractivity (Wildman–Crippen MR) is 128 cm³/mol. The van der Waals surface area contributed by atoms with E-state index in [1.807, 2.05) is 33.7 Å². The molecule has 0 aliphatic carbocycles. The van der Waals surface area contributed by atoms with Crippen molar-refractivity contribution in [3.63, 3.8) is 0 Å². The van der Waals surface area contributed by atoms with Crippen LogP contribution in [0.4, 0.5) is 5.69 Å². The van der Waals surface area contributed by atoms with Crippen LogP contribution in [0.25, 0.3) is 11.4 Å². The van der Waals surface area contributed by atoms with Crippen LogP contribution in [0, 0.1) is 4.77 Å². The number of nitrogens with zero attached hydrogens (tertiary/aromatic N) is 6. The van der Waals surface area contributed by atoms with Gasteiger partial charge in [0.05, 0.1) is 6.67 Å². The van der Waals surface area contributed by atoms with Crippen LogP contribution in [-0.2, 0) is 19.8 Å². The molecule has 0 amide bonds. The number of benzene rings is 1. The Labute approximate surface area is 189 Å². The summed E-state index contributed by atoms with van der Waals surface area (Å²) in [5, 5.41) is 4.79. The van der Waals surface area contributed by atoms with Crippen molar-refractivity contribution in [1.29, 1.82) is 0 Å². The summed E-state index contributed by atoms with van der Waals surface area (Å²) in [5.74, 6) is 0.817. The molecule has 0 radical (unpaired) electrons. The molecular formula is C24H30N6S. The summed E-state index contributed by atoms with van der Waals surface area (Å²) in [6, 6.07) is 12.9. The average molecular weight is 435 g/mol. The molecule has 162 valence electrons. The van der Waals surface area contributed by atoms with Crippen molar-refractivity contribution in [2.75, 3.05) is 25.0 Å². The zero-order valence-electron chi connectivity index (χ0n) is 18.2. The number of hydrogen-bond donors (Lipinski definition) is 0. The standard InChI is InChI=1S/C24H30N6S/c1-3-14-29-23(21-8-7-13-25-17-21)26-30(24(29)31)19-27(2)18-20-9-11-22(12-10-20)28-15-5-4-6-16-28/h3,7-13,17H,1,4-6,14-16,18-19H2,2H3. The van der Waals surface area contributed by atoms with E-state index in [0.717, 1.165) is 17.9 Å². The first-order chi connectivity index (χ1) is 15.2. The highest BCUT2D eigenvalue weighted by Crippen LogP contribution is 2.21. The summed E-state index contributed by atoms with van der Waals surface area (Å²) in [7, 11) is 2.09. The minimum absolute atomic E-state index is 0.615. The van der Waals surface area contributed by atoms with Crippen LogP contribution in [0.2, 0.25) is 0 Å². The molecule has 6 nitrogen and oxygen atoms in total. The Morgan fingerprint density at radius 1 is 1.13 bits per heavy atom. The molecule has 3 aromatic rings. The van der Waals surface area contributed by atoms with E-state index >= 15 is 0 Å². The van der Waals surface area contributed by atoms with E-state index in [-0.39, 0.29) is 0 Å². The van der Waals surface area contributed by atoms with Crippen LogP contribution >= 0.6 is 12.2 Å².